The second-order valence-electron chi connectivity index (χ2n) is 8.42. The minimum absolute atomic E-state index is 0.180. The summed E-state index contributed by atoms with van der Waals surface area (Å²) in [6, 6.07) is 0. The molecule has 3 aliphatic rings. The lowest BCUT2D eigenvalue weighted by Gasteiger charge is -2.47. The molecule has 0 aromatic carbocycles. The molecule has 0 spiro atoms. The van der Waals surface area contributed by atoms with Gasteiger partial charge < -0.3 is 10.2 Å². The fourth-order valence-corrected chi connectivity index (χ4v) is 5.55. The molecule has 2 bridgehead atoms. The SMILES string of the molecule is C=C1CCC[C@H](C)CCC2=C(C)[C@@H]3[C@H]1CC[C@]3(C)[C@H](O)[C@H]2O. The van der Waals surface area contributed by atoms with E-state index in [1.54, 1.807) is 0 Å². The van der Waals surface area contributed by atoms with E-state index >= 15 is 0 Å². The van der Waals surface area contributed by atoms with Crippen molar-refractivity contribution in [3.05, 3.63) is 23.3 Å². The Morgan fingerprint density at radius 1 is 1.14 bits per heavy atom. The van der Waals surface area contributed by atoms with E-state index in [-0.39, 0.29) is 5.41 Å². The number of hydrogen-bond acceptors (Lipinski definition) is 2. The average molecular weight is 304 g/mol. The van der Waals surface area contributed by atoms with Crippen LogP contribution in [0.15, 0.2) is 23.3 Å². The van der Waals surface area contributed by atoms with Crippen molar-refractivity contribution < 1.29 is 10.2 Å². The molecule has 0 aromatic heterocycles. The van der Waals surface area contributed by atoms with E-state index in [9.17, 15) is 10.2 Å². The molecule has 0 aromatic rings. The van der Waals surface area contributed by atoms with Gasteiger partial charge in [-0.15, -0.1) is 0 Å². The topological polar surface area (TPSA) is 40.5 Å². The Morgan fingerprint density at radius 2 is 1.86 bits per heavy atom. The molecular formula is C20H32O2. The maximum atomic E-state index is 10.8. The summed E-state index contributed by atoms with van der Waals surface area (Å²) in [7, 11) is 0. The van der Waals surface area contributed by atoms with E-state index in [1.165, 1.54) is 24.0 Å². The highest BCUT2D eigenvalue weighted by Gasteiger charge is 2.56. The van der Waals surface area contributed by atoms with E-state index in [1.807, 2.05) is 0 Å². The summed E-state index contributed by atoms with van der Waals surface area (Å²) in [6.45, 7) is 11.1. The van der Waals surface area contributed by atoms with E-state index in [0.717, 1.165) is 37.7 Å². The minimum atomic E-state index is -0.666. The van der Waals surface area contributed by atoms with E-state index in [0.29, 0.717) is 17.8 Å². The van der Waals surface area contributed by atoms with Gasteiger partial charge in [0.05, 0.1) is 6.10 Å². The van der Waals surface area contributed by atoms with Crippen LogP contribution in [-0.2, 0) is 0 Å². The molecule has 6 atom stereocenters. The van der Waals surface area contributed by atoms with E-state index in [2.05, 4.69) is 27.4 Å². The largest absolute Gasteiger partial charge is 0.389 e. The summed E-state index contributed by atoms with van der Waals surface area (Å²) in [5.74, 6) is 1.56. The second-order valence-corrected chi connectivity index (χ2v) is 8.42. The van der Waals surface area contributed by atoms with E-state index < -0.39 is 12.2 Å². The van der Waals surface area contributed by atoms with Crippen LogP contribution in [0.25, 0.3) is 0 Å². The predicted molar refractivity (Wildman–Crippen MR) is 90.4 cm³/mol. The lowest BCUT2D eigenvalue weighted by atomic mass is 9.61. The van der Waals surface area contributed by atoms with Crippen molar-refractivity contribution in [2.45, 2.75) is 77.9 Å². The van der Waals surface area contributed by atoms with Crippen LogP contribution in [0, 0.1) is 23.2 Å². The molecule has 22 heavy (non-hydrogen) atoms. The summed E-state index contributed by atoms with van der Waals surface area (Å²) in [5, 5.41) is 21.6. The van der Waals surface area contributed by atoms with Crippen LogP contribution >= 0.6 is 0 Å². The Balaban J connectivity index is 2.05. The zero-order valence-corrected chi connectivity index (χ0v) is 14.4. The molecule has 0 amide bonds. The molecule has 2 N–H and O–H groups in total. The van der Waals surface area contributed by atoms with Crippen LogP contribution in [0.1, 0.15) is 65.7 Å². The van der Waals surface area contributed by atoms with Crippen LogP contribution < -0.4 is 0 Å². The molecule has 0 heterocycles. The Hall–Kier alpha value is -0.600. The van der Waals surface area contributed by atoms with Gasteiger partial charge in [-0.3, -0.25) is 0 Å². The Labute approximate surface area is 135 Å². The summed E-state index contributed by atoms with van der Waals surface area (Å²) in [6.07, 6.45) is 6.51. The number of rotatable bonds is 0. The molecule has 0 unspecified atom stereocenters. The van der Waals surface area contributed by atoms with Crippen LogP contribution in [-0.4, -0.2) is 22.4 Å². The molecular weight excluding hydrogens is 272 g/mol. The van der Waals surface area contributed by atoms with Crippen molar-refractivity contribution in [3.63, 3.8) is 0 Å². The van der Waals surface area contributed by atoms with Gasteiger partial charge in [0.15, 0.2) is 0 Å². The molecule has 2 nitrogen and oxygen atoms in total. The van der Waals surface area contributed by atoms with E-state index in [4.69, 9.17) is 0 Å². The summed E-state index contributed by atoms with van der Waals surface area (Å²) < 4.78 is 0. The molecule has 1 fully saturated rings. The Kier molecular flexibility index (Phi) is 4.28. The molecule has 3 rings (SSSR count). The van der Waals surface area contributed by atoms with Gasteiger partial charge in [0, 0.05) is 5.41 Å². The van der Waals surface area contributed by atoms with Crippen molar-refractivity contribution in [3.8, 4) is 0 Å². The highest BCUT2D eigenvalue weighted by Crippen LogP contribution is 2.59. The second kappa shape index (κ2) is 5.79. The van der Waals surface area contributed by atoms with Gasteiger partial charge in [-0.05, 0) is 68.8 Å². The van der Waals surface area contributed by atoms with Crippen molar-refractivity contribution in [1.29, 1.82) is 0 Å². The number of allylic oxidation sites excluding steroid dienone is 2. The van der Waals surface area contributed by atoms with Crippen molar-refractivity contribution in [1.82, 2.24) is 0 Å². The zero-order valence-electron chi connectivity index (χ0n) is 14.4. The fourth-order valence-electron chi connectivity index (χ4n) is 5.55. The minimum Gasteiger partial charge on any atom is -0.389 e. The maximum absolute atomic E-state index is 10.8. The smallest absolute Gasteiger partial charge is 0.102 e. The molecule has 0 saturated heterocycles. The first-order valence-corrected chi connectivity index (χ1v) is 9.09. The van der Waals surface area contributed by atoms with Crippen LogP contribution in [0.3, 0.4) is 0 Å². The van der Waals surface area contributed by atoms with Gasteiger partial charge in [-0.2, -0.15) is 0 Å². The molecule has 1 saturated carbocycles. The molecule has 0 radical (unpaired) electrons. The van der Waals surface area contributed by atoms with Gasteiger partial charge in [-0.1, -0.05) is 38.0 Å². The third-order valence-electron chi connectivity index (χ3n) is 7.04. The molecule has 2 heteroatoms. The summed E-state index contributed by atoms with van der Waals surface area (Å²) in [5.41, 5.74) is 3.69. The molecule has 124 valence electrons. The van der Waals surface area contributed by atoms with Crippen LogP contribution in [0.5, 0.6) is 0 Å². The van der Waals surface area contributed by atoms with Crippen LogP contribution in [0.4, 0.5) is 0 Å². The van der Waals surface area contributed by atoms with Gasteiger partial charge >= 0.3 is 0 Å². The van der Waals surface area contributed by atoms with Gasteiger partial charge in [0.2, 0.25) is 0 Å². The standard InChI is InChI=1S/C20H32O2/c1-12-6-5-7-13(2)15-10-11-20(4)17(15)14(3)16(9-8-12)18(21)19(20)22/h12,15,17-19,21-22H,2,5-11H2,1,3-4H3/t12-,15-,17+,18-,19+,20-/m0/s1. The monoisotopic (exact) mass is 304 g/mol. The normalized spacial score (nSPS) is 46.6. The number of aliphatic hydroxyl groups is 2. The number of aliphatic hydroxyl groups excluding tert-OH is 2. The first-order valence-electron chi connectivity index (χ1n) is 9.09. The van der Waals surface area contributed by atoms with Crippen molar-refractivity contribution >= 4 is 0 Å². The predicted octanol–water partition coefficient (Wildman–Crippen LogP) is 4.23. The van der Waals surface area contributed by atoms with Crippen molar-refractivity contribution in [2.24, 2.45) is 23.2 Å². The quantitative estimate of drug-likeness (QED) is 0.658. The average Bonchev–Trinajstić information content (AvgIpc) is 2.83. The first kappa shape index (κ1) is 16.3. The lowest BCUT2D eigenvalue weighted by Crippen LogP contribution is -2.50. The summed E-state index contributed by atoms with van der Waals surface area (Å²) >= 11 is 0. The number of hydrogen-bond donors (Lipinski definition) is 2. The Morgan fingerprint density at radius 3 is 2.59 bits per heavy atom. The van der Waals surface area contributed by atoms with Crippen LogP contribution in [0.2, 0.25) is 0 Å². The first-order chi connectivity index (χ1) is 10.4. The summed E-state index contributed by atoms with van der Waals surface area (Å²) in [4.78, 5) is 0. The molecule has 0 aliphatic heterocycles. The van der Waals surface area contributed by atoms with Gasteiger partial charge in [0.1, 0.15) is 6.10 Å². The Bertz CT molecular complexity index is 492. The lowest BCUT2D eigenvalue weighted by molar-refractivity contribution is -0.0700. The molecule has 3 aliphatic carbocycles. The van der Waals surface area contributed by atoms with Crippen molar-refractivity contribution in [2.75, 3.05) is 0 Å². The zero-order chi connectivity index (χ0) is 16.1. The fraction of sp³-hybridized carbons (Fsp3) is 0.800. The third-order valence-corrected chi connectivity index (χ3v) is 7.04. The highest BCUT2D eigenvalue weighted by molar-refractivity contribution is 5.33. The van der Waals surface area contributed by atoms with Gasteiger partial charge in [-0.25, -0.2) is 0 Å². The third kappa shape index (κ3) is 2.39. The van der Waals surface area contributed by atoms with Gasteiger partial charge in [0.25, 0.3) is 0 Å². The maximum Gasteiger partial charge on any atom is 0.102 e. The highest BCUT2D eigenvalue weighted by atomic mass is 16.3.